The van der Waals surface area contributed by atoms with Crippen molar-refractivity contribution in [3.63, 3.8) is 0 Å². The van der Waals surface area contributed by atoms with Gasteiger partial charge in [-0.2, -0.15) is 11.8 Å². The highest BCUT2D eigenvalue weighted by Crippen LogP contribution is 2.23. The van der Waals surface area contributed by atoms with Crippen LogP contribution in [0.25, 0.3) is 0 Å². The molecule has 2 aliphatic heterocycles. The molecule has 13 heavy (non-hydrogen) atoms. The quantitative estimate of drug-likeness (QED) is 0.684. The third kappa shape index (κ3) is 2.39. The van der Waals surface area contributed by atoms with E-state index in [2.05, 4.69) is 35.8 Å². The topological polar surface area (TPSA) is 15.3 Å². The third-order valence-electron chi connectivity index (χ3n) is 3.01. The molecule has 3 unspecified atom stereocenters. The fraction of sp³-hybridized carbons (Fsp3) is 1.00. The van der Waals surface area contributed by atoms with E-state index in [-0.39, 0.29) is 0 Å². The first kappa shape index (κ1) is 9.81. The molecule has 0 bridgehead atoms. The second-order valence-electron chi connectivity index (χ2n) is 4.44. The van der Waals surface area contributed by atoms with Crippen molar-refractivity contribution in [1.82, 2.24) is 10.2 Å². The van der Waals surface area contributed by atoms with Crippen molar-refractivity contribution in [1.29, 1.82) is 0 Å². The molecule has 0 spiro atoms. The highest BCUT2D eigenvalue weighted by Gasteiger charge is 2.28. The first-order chi connectivity index (χ1) is 6.25. The predicted molar refractivity (Wildman–Crippen MR) is 59.4 cm³/mol. The van der Waals surface area contributed by atoms with Crippen LogP contribution in [0.4, 0.5) is 0 Å². The number of rotatable bonds is 1. The second-order valence-corrected chi connectivity index (χ2v) is 5.59. The van der Waals surface area contributed by atoms with E-state index in [0.29, 0.717) is 12.1 Å². The Morgan fingerprint density at radius 2 is 1.92 bits per heavy atom. The van der Waals surface area contributed by atoms with E-state index in [9.17, 15) is 0 Å². The molecule has 3 heteroatoms. The van der Waals surface area contributed by atoms with Crippen molar-refractivity contribution < 1.29 is 0 Å². The van der Waals surface area contributed by atoms with Crippen LogP contribution in [0.3, 0.4) is 0 Å². The molecule has 2 aliphatic rings. The van der Waals surface area contributed by atoms with E-state index >= 15 is 0 Å². The van der Waals surface area contributed by atoms with Gasteiger partial charge in [0.2, 0.25) is 0 Å². The number of hydrogen-bond acceptors (Lipinski definition) is 3. The molecule has 0 radical (unpaired) electrons. The van der Waals surface area contributed by atoms with Crippen LogP contribution in [0, 0.1) is 0 Å². The van der Waals surface area contributed by atoms with Gasteiger partial charge in [-0.1, -0.05) is 0 Å². The van der Waals surface area contributed by atoms with Crippen molar-refractivity contribution in [2.75, 3.05) is 24.6 Å². The Hall–Kier alpha value is 0.270. The molecule has 2 fully saturated rings. The van der Waals surface area contributed by atoms with Crippen LogP contribution < -0.4 is 5.32 Å². The number of piperazine rings is 1. The van der Waals surface area contributed by atoms with E-state index in [1.165, 1.54) is 31.0 Å². The van der Waals surface area contributed by atoms with Gasteiger partial charge in [-0.25, -0.2) is 0 Å². The zero-order chi connectivity index (χ0) is 9.26. The van der Waals surface area contributed by atoms with Gasteiger partial charge in [0.05, 0.1) is 0 Å². The van der Waals surface area contributed by atoms with Crippen molar-refractivity contribution in [3.8, 4) is 0 Å². The van der Waals surface area contributed by atoms with Gasteiger partial charge in [0.25, 0.3) is 0 Å². The molecule has 2 rings (SSSR count). The zero-order valence-corrected chi connectivity index (χ0v) is 9.44. The van der Waals surface area contributed by atoms with Gasteiger partial charge in [0.15, 0.2) is 0 Å². The molecule has 3 atom stereocenters. The minimum Gasteiger partial charge on any atom is -0.309 e. The lowest BCUT2D eigenvalue weighted by Gasteiger charge is -2.39. The molecule has 0 saturated carbocycles. The van der Waals surface area contributed by atoms with Crippen molar-refractivity contribution in [2.45, 2.75) is 38.4 Å². The van der Waals surface area contributed by atoms with Gasteiger partial charge >= 0.3 is 0 Å². The lowest BCUT2D eigenvalue weighted by atomic mass is 10.1. The molecule has 2 heterocycles. The number of nitrogens with one attached hydrogen (secondary N) is 1. The molecule has 76 valence electrons. The first-order valence-corrected chi connectivity index (χ1v) is 6.49. The third-order valence-corrected chi connectivity index (χ3v) is 4.15. The minimum atomic E-state index is 0.675. The van der Waals surface area contributed by atoms with Crippen LogP contribution in [-0.4, -0.2) is 47.6 Å². The smallest absolute Gasteiger partial charge is 0.0195 e. The monoisotopic (exact) mass is 200 g/mol. The molecule has 0 aliphatic carbocycles. The summed E-state index contributed by atoms with van der Waals surface area (Å²) in [6, 6.07) is 2.22. The molecule has 0 amide bonds. The largest absolute Gasteiger partial charge is 0.309 e. The van der Waals surface area contributed by atoms with E-state index < -0.39 is 0 Å². The van der Waals surface area contributed by atoms with Gasteiger partial charge in [-0.15, -0.1) is 0 Å². The van der Waals surface area contributed by atoms with Crippen LogP contribution in [0.1, 0.15) is 20.3 Å². The van der Waals surface area contributed by atoms with Crippen LogP contribution in [0.5, 0.6) is 0 Å². The zero-order valence-electron chi connectivity index (χ0n) is 8.62. The number of hydrogen-bond donors (Lipinski definition) is 1. The average Bonchev–Trinajstić information content (AvgIpc) is 2.53. The Kier molecular flexibility index (Phi) is 3.17. The Labute approximate surface area is 85.4 Å². The van der Waals surface area contributed by atoms with Gasteiger partial charge < -0.3 is 5.32 Å². The summed E-state index contributed by atoms with van der Waals surface area (Å²) in [7, 11) is 0. The lowest BCUT2D eigenvalue weighted by molar-refractivity contribution is 0.134. The summed E-state index contributed by atoms with van der Waals surface area (Å²) >= 11 is 2.12. The summed E-state index contributed by atoms with van der Waals surface area (Å²) < 4.78 is 0. The predicted octanol–water partition coefficient (Wildman–Crippen LogP) is 1.17. The average molecular weight is 200 g/mol. The van der Waals surface area contributed by atoms with E-state index in [1.807, 2.05) is 0 Å². The van der Waals surface area contributed by atoms with Crippen molar-refractivity contribution in [2.24, 2.45) is 0 Å². The maximum atomic E-state index is 3.58. The minimum absolute atomic E-state index is 0.675. The summed E-state index contributed by atoms with van der Waals surface area (Å²) in [6.45, 7) is 7.08. The Balaban J connectivity index is 1.90. The van der Waals surface area contributed by atoms with Crippen LogP contribution in [-0.2, 0) is 0 Å². The summed E-state index contributed by atoms with van der Waals surface area (Å²) in [6.07, 6.45) is 1.41. The van der Waals surface area contributed by atoms with Gasteiger partial charge in [0.1, 0.15) is 0 Å². The first-order valence-electron chi connectivity index (χ1n) is 5.33. The van der Waals surface area contributed by atoms with Gasteiger partial charge in [0, 0.05) is 37.0 Å². The van der Waals surface area contributed by atoms with Gasteiger partial charge in [-0.05, 0) is 26.0 Å². The number of thioether (sulfide) groups is 1. The Morgan fingerprint density at radius 3 is 2.46 bits per heavy atom. The summed E-state index contributed by atoms with van der Waals surface area (Å²) in [5.74, 6) is 2.73. The fourth-order valence-corrected chi connectivity index (χ4v) is 3.73. The number of nitrogens with zero attached hydrogens (tertiary/aromatic N) is 1. The molecule has 0 aromatic carbocycles. The summed E-state index contributed by atoms with van der Waals surface area (Å²) in [5, 5.41) is 3.58. The Morgan fingerprint density at radius 1 is 1.23 bits per heavy atom. The standard InChI is InChI=1S/C10H20N2S/c1-8-5-12(6-9(2)11-8)10-3-4-13-7-10/h8-11H,3-7H2,1-2H3. The van der Waals surface area contributed by atoms with Crippen molar-refractivity contribution >= 4 is 11.8 Å². The molecule has 0 aromatic heterocycles. The molecule has 1 N–H and O–H groups in total. The molecule has 0 aromatic rings. The Bertz CT molecular complexity index is 158. The van der Waals surface area contributed by atoms with E-state index in [1.54, 1.807) is 0 Å². The van der Waals surface area contributed by atoms with E-state index in [0.717, 1.165) is 6.04 Å². The maximum Gasteiger partial charge on any atom is 0.0195 e. The fourth-order valence-electron chi connectivity index (χ4n) is 2.48. The molecule has 2 nitrogen and oxygen atoms in total. The summed E-state index contributed by atoms with van der Waals surface area (Å²) in [5.41, 5.74) is 0. The highest BCUT2D eigenvalue weighted by atomic mass is 32.2. The van der Waals surface area contributed by atoms with Crippen molar-refractivity contribution in [3.05, 3.63) is 0 Å². The normalized spacial score (nSPS) is 42.5. The second kappa shape index (κ2) is 4.20. The SMILES string of the molecule is CC1CN(C2CCSC2)CC(C)N1. The summed E-state index contributed by atoms with van der Waals surface area (Å²) in [4.78, 5) is 2.69. The van der Waals surface area contributed by atoms with Crippen LogP contribution >= 0.6 is 11.8 Å². The lowest BCUT2D eigenvalue weighted by Crippen LogP contribution is -2.57. The van der Waals surface area contributed by atoms with Crippen LogP contribution in [0.15, 0.2) is 0 Å². The molecular weight excluding hydrogens is 180 g/mol. The highest BCUT2D eigenvalue weighted by molar-refractivity contribution is 7.99. The molecule has 2 saturated heterocycles. The van der Waals surface area contributed by atoms with Crippen LogP contribution in [0.2, 0.25) is 0 Å². The van der Waals surface area contributed by atoms with Gasteiger partial charge in [-0.3, -0.25) is 4.90 Å². The maximum absolute atomic E-state index is 3.58. The van der Waals surface area contributed by atoms with E-state index in [4.69, 9.17) is 0 Å². The molecular formula is C10H20N2S.